The minimum Gasteiger partial charge on any atom is -0.379 e. The van der Waals surface area contributed by atoms with E-state index in [4.69, 9.17) is 4.74 Å². The zero-order valence-corrected chi connectivity index (χ0v) is 20.2. The van der Waals surface area contributed by atoms with E-state index in [0.717, 1.165) is 74.7 Å². The molecule has 0 bridgehead atoms. The van der Waals surface area contributed by atoms with Gasteiger partial charge in [-0.2, -0.15) is 0 Å². The Hall–Kier alpha value is -3.17. The van der Waals surface area contributed by atoms with E-state index in [2.05, 4.69) is 30.1 Å². The molecular formula is C26H32N6O3. The number of hydrogen-bond donors (Lipinski definition) is 1. The van der Waals surface area contributed by atoms with Crippen LogP contribution in [0.2, 0.25) is 0 Å². The van der Waals surface area contributed by atoms with Crippen molar-refractivity contribution in [3.05, 3.63) is 47.3 Å². The molecule has 9 heteroatoms. The van der Waals surface area contributed by atoms with Crippen molar-refractivity contribution in [2.24, 2.45) is 9.98 Å². The molecule has 2 fully saturated rings. The number of amides is 2. The highest BCUT2D eigenvalue weighted by molar-refractivity contribution is 6.16. The molecule has 4 aliphatic rings. The Morgan fingerprint density at radius 2 is 2.09 bits per heavy atom. The largest absolute Gasteiger partial charge is 0.379 e. The fourth-order valence-electron chi connectivity index (χ4n) is 4.84. The predicted molar refractivity (Wildman–Crippen MR) is 135 cm³/mol. The van der Waals surface area contributed by atoms with Gasteiger partial charge in [-0.1, -0.05) is 6.92 Å². The third-order valence-electron chi connectivity index (χ3n) is 6.90. The van der Waals surface area contributed by atoms with Gasteiger partial charge in [0.2, 0.25) is 0 Å². The van der Waals surface area contributed by atoms with Crippen LogP contribution in [0.3, 0.4) is 0 Å². The fourth-order valence-corrected chi connectivity index (χ4v) is 4.84. The third-order valence-corrected chi connectivity index (χ3v) is 6.90. The summed E-state index contributed by atoms with van der Waals surface area (Å²) in [5.74, 6) is -0.285. The van der Waals surface area contributed by atoms with Crippen LogP contribution in [-0.2, 0) is 9.53 Å². The van der Waals surface area contributed by atoms with E-state index >= 15 is 0 Å². The number of ether oxygens (including phenoxy) is 1. The van der Waals surface area contributed by atoms with E-state index in [-0.39, 0.29) is 23.9 Å². The lowest BCUT2D eigenvalue weighted by atomic mass is 9.98. The van der Waals surface area contributed by atoms with Crippen molar-refractivity contribution < 1.29 is 14.3 Å². The van der Waals surface area contributed by atoms with Crippen LogP contribution in [-0.4, -0.2) is 91.6 Å². The molecule has 0 spiro atoms. The molecule has 0 aromatic carbocycles. The van der Waals surface area contributed by atoms with Crippen LogP contribution >= 0.6 is 0 Å². The quantitative estimate of drug-likeness (QED) is 0.672. The van der Waals surface area contributed by atoms with Crippen LogP contribution in [0.4, 0.5) is 5.69 Å². The maximum absolute atomic E-state index is 12.5. The van der Waals surface area contributed by atoms with Crippen molar-refractivity contribution in [2.75, 3.05) is 50.8 Å². The highest BCUT2D eigenvalue weighted by atomic mass is 16.5. The summed E-state index contributed by atoms with van der Waals surface area (Å²) < 4.78 is 5.43. The number of dihydropyridines is 2. The molecule has 35 heavy (non-hydrogen) atoms. The number of aliphatic imine (C=N–C) groups is 2. The number of rotatable bonds is 6. The van der Waals surface area contributed by atoms with E-state index in [1.807, 2.05) is 31.4 Å². The number of anilines is 1. The van der Waals surface area contributed by atoms with Crippen LogP contribution in [0.5, 0.6) is 0 Å². The molecule has 0 saturated carbocycles. The van der Waals surface area contributed by atoms with Crippen molar-refractivity contribution in [2.45, 2.75) is 38.3 Å². The second kappa shape index (κ2) is 10.6. The van der Waals surface area contributed by atoms with Gasteiger partial charge in [0.1, 0.15) is 11.7 Å². The number of fused-ring (bicyclic) bond motifs is 1. The average molecular weight is 477 g/mol. The minimum absolute atomic E-state index is 0.0666. The van der Waals surface area contributed by atoms with Crippen LogP contribution in [0.1, 0.15) is 36.7 Å². The number of carbonyl (C=O) groups excluding carboxylic acids is 2. The first-order valence-corrected chi connectivity index (χ1v) is 12.5. The van der Waals surface area contributed by atoms with Crippen LogP contribution < -0.4 is 10.2 Å². The predicted octanol–water partition coefficient (Wildman–Crippen LogP) is 1.81. The Labute approximate surface area is 205 Å². The standard InChI is InChI=1S/C26H32N6O3/c1-2-19-13-23-24(30-25(19)33)12-18(14-27-23)16-31-7-9-32(10-8-31)21-5-6-22(28-15-21)26(34)29-20-4-3-11-35-17-20/h5-6,12-15,20,23H,2-4,7-11,16-17H2,1H3,(H,29,34)/t20-,23?/m1/s1. The third kappa shape index (κ3) is 5.57. The summed E-state index contributed by atoms with van der Waals surface area (Å²) in [5.41, 5.74) is 4.03. The fraction of sp³-hybridized carbons (Fsp3) is 0.500. The Balaban J connectivity index is 1.12. The summed E-state index contributed by atoms with van der Waals surface area (Å²) >= 11 is 0. The van der Waals surface area contributed by atoms with Crippen LogP contribution in [0, 0.1) is 0 Å². The first kappa shape index (κ1) is 23.6. The lowest BCUT2D eigenvalue weighted by molar-refractivity contribution is -0.114. The number of hydrogen-bond acceptors (Lipinski definition) is 7. The first-order chi connectivity index (χ1) is 17.1. The maximum Gasteiger partial charge on any atom is 0.272 e. The van der Waals surface area contributed by atoms with Gasteiger partial charge in [-0.3, -0.25) is 19.5 Å². The number of aromatic nitrogens is 1. The van der Waals surface area contributed by atoms with Crippen LogP contribution in [0.25, 0.3) is 0 Å². The van der Waals surface area contributed by atoms with E-state index < -0.39 is 0 Å². The maximum atomic E-state index is 12.5. The van der Waals surface area contributed by atoms with Crippen molar-refractivity contribution in [1.82, 2.24) is 15.2 Å². The van der Waals surface area contributed by atoms with Crippen molar-refractivity contribution >= 4 is 29.4 Å². The molecule has 2 amide bonds. The van der Waals surface area contributed by atoms with Gasteiger partial charge in [-0.15, -0.1) is 0 Å². The topological polar surface area (TPSA) is 99.5 Å². The molecule has 0 aliphatic carbocycles. The van der Waals surface area contributed by atoms with Crippen molar-refractivity contribution in [3.63, 3.8) is 0 Å². The number of pyridine rings is 1. The first-order valence-electron chi connectivity index (χ1n) is 12.5. The summed E-state index contributed by atoms with van der Waals surface area (Å²) in [6.45, 7) is 7.65. The molecule has 9 nitrogen and oxygen atoms in total. The zero-order chi connectivity index (χ0) is 24.2. The highest BCUT2D eigenvalue weighted by Gasteiger charge is 2.25. The molecule has 1 aromatic heterocycles. The van der Waals surface area contributed by atoms with Crippen LogP contribution in [0.15, 0.2) is 51.6 Å². The Kier molecular flexibility index (Phi) is 7.15. The summed E-state index contributed by atoms with van der Waals surface area (Å²) in [6.07, 6.45) is 10.2. The van der Waals surface area contributed by atoms with Gasteiger partial charge in [-0.25, -0.2) is 9.98 Å². The SMILES string of the molecule is CCC1=CC2N=CC(CN3CCN(c4ccc(C(=O)N[C@@H]5CCCOC5)nc4)CC3)=CC2=NC1=O. The summed E-state index contributed by atoms with van der Waals surface area (Å²) in [4.78, 5) is 42.5. The van der Waals surface area contributed by atoms with E-state index in [9.17, 15) is 9.59 Å². The molecule has 1 aromatic rings. The normalized spacial score (nSPS) is 24.9. The molecule has 184 valence electrons. The number of piperazine rings is 1. The molecular weight excluding hydrogens is 444 g/mol. The summed E-state index contributed by atoms with van der Waals surface area (Å²) in [7, 11) is 0. The van der Waals surface area contributed by atoms with Gasteiger partial charge in [0.25, 0.3) is 11.8 Å². The lowest BCUT2D eigenvalue weighted by Gasteiger charge is -2.36. The second-order valence-electron chi connectivity index (χ2n) is 9.38. The van der Waals surface area contributed by atoms with E-state index in [1.165, 1.54) is 0 Å². The molecule has 2 atom stereocenters. The van der Waals surface area contributed by atoms with Gasteiger partial charge in [0.05, 0.1) is 30.2 Å². The Bertz CT molecular complexity index is 1080. The van der Waals surface area contributed by atoms with E-state index in [0.29, 0.717) is 18.7 Å². The van der Waals surface area contributed by atoms with Crippen molar-refractivity contribution in [3.8, 4) is 0 Å². The molecule has 5 heterocycles. The molecule has 0 radical (unpaired) electrons. The highest BCUT2D eigenvalue weighted by Crippen LogP contribution is 2.20. The lowest BCUT2D eigenvalue weighted by Crippen LogP contribution is -2.47. The van der Waals surface area contributed by atoms with Gasteiger partial charge in [0.15, 0.2) is 0 Å². The molecule has 4 aliphatic heterocycles. The van der Waals surface area contributed by atoms with Gasteiger partial charge >= 0.3 is 0 Å². The molecule has 1 unspecified atom stereocenters. The monoisotopic (exact) mass is 476 g/mol. The second-order valence-corrected chi connectivity index (χ2v) is 9.38. The van der Waals surface area contributed by atoms with Gasteiger partial charge < -0.3 is 15.0 Å². The summed E-state index contributed by atoms with van der Waals surface area (Å²) in [5, 5.41) is 3.01. The molecule has 5 rings (SSSR count). The zero-order valence-electron chi connectivity index (χ0n) is 20.2. The van der Waals surface area contributed by atoms with Gasteiger partial charge in [0, 0.05) is 51.1 Å². The number of nitrogens with zero attached hydrogens (tertiary/aromatic N) is 5. The Morgan fingerprint density at radius 3 is 2.80 bits per heavy atom. The van der Waals surface area contributed by atoms with E-state index in [1.54, 1.807) is 12.3 Å². The smallest absolute Gasteiger partial charge is 0.272 e. The molecule has 2 saturated heterocycles. The number of nitrogens with one attached hydrogen (secondary N) is 1. The Morgan fingerprint density at radius 1 is 1.23 bits per heavy atom. The molecule has 1 N–H and O–H groups in total. The number of carbonyl (C=O) groups is 2. The van der Waals surface area contributed by atoms with Crippen molar-refractivity contribution in [1.29, 1.82) is 0 Å². The van der Waals surface area contributed by atoms with Gasteiger partial charge in [-0.05, 0) is 49.1 Å². The average Bonchev–Trinajstić information content (AvgIpc) is 2.89. The minimum atomic E-state index is -0.146. The summed E-state index contributed by atoms with van der Waals surface area (Å²) in [6, 6.07) is 3.71.